The number of anilines is 3. The Bertz CT molecular complexity index is 1180. The second-order valence-corrected chi connectivity index (χ2v) is 9.31. The summed E-state index contributed by atoms with van der Waals surface area (Å²) in [6, 6.07) is 13.6. The third-order valence-corrected chi connectivity index (χ3v) is 7.01. The summed E-state index contributed by atoms with van der Waals surface area (Å²) < 4.78 is 6.45. The molecule has 1 aliphatic heterocycles. The third-order valence-electron chi connectivity index (χ3n) is 5.17. The molecule has 2 atom stereocenters. The van der Waals surface area contributed by atoms with E-state index in [0.29, 0.717) is 5.13 Å². The van der Waals surface area contributed by atoms with E-state index in [1.54, 1.807) is 17.5 Å². The number of methoxy groups -OCH3 is 1. The molecule has 0 spiro atoms. The topological polar surface area (TPSA) is 105 Å². The van der Waals surface area contributed by atoms with Crippen molar-refractivity contribution >= 4 is 54.3 Å². The van der Waals surface area contributed by atoms with Gasteiger partial charge in [-0.1, -0.05) is 53.0 Å². The number of aromatic nitrogens is 4. The Morgan fingerprint density at radius 1 is 1.16 bits per heavy atom. The number of nitrogens with zero attached hydrogens (tertiary/aromatic N) is 5. The third kappa shape index (κ3) is 4.40. The van der Waals surface area contributed by atoms with E-state index < -0.39 is 6.10 Å². The summed E-state index contributed by atoms with van der Waals surface area (Å²) in [7, 11) is 1.52. The number of fused-ring (bicyclic) bond motifs is 1. The highest BCUT2D eigenvalue weighted by atomic mass is 32.1. The summed E-state index contributed by atoms with van der Waals surface area (Å²) in [5, 5.41) is 16.9. The predicted molar refractivity (Wildman–Crippen MR) is 126 cm³/mol. The molecule has 0 bridgehead atoms. The fourth-order valence-electron chi connectivity index (χ4n) is 3.64. The van der Waals surface area contributed by atoms with E-state index >= 15 is 0 Å². The van der Waals surface area contributed by atoms with Gasteiger partial charge in [0, 0.05) is 32.4 Å². The number of pyridine rings is 1. The maximum absolute atomic E-state index is 12.7. The average molecular weight is 468 g/mol. The smallest absolute Gasteiger partial charge is 0.259 e. The first-order chi connectivity index (χ1) is 15.7. The van der Waals surface area contributed by atoms with Gasteiger partial charge in [-0.05, 0) is 24.1 Å². The highest BCUT2D eigenvalue weighted by molar-refractivity contribution is 7.22. The van der Waals surface area contributed by atoms with Crippen molar-refractivity contribution in [2.24, 2.45) is 0 Å². The van der Waals surface area contributed by atoms with Crippen molar-refractivity contribution in [2.45, 2.75) is 18.6 Å². The Morgan fingerprint density at radius 3 is 2.84 bits per heavy atom. The fraction of sp³-hybridized carbons (Fsp3) is 0.286. The molecule has 164 valence electrons. The molecule has 1 amide bonds. The van der Waals surface area contributed by atoms with Gasteiger partial charge in [0.2, 0.25) is 10.3 Å². The molecule has 1 aliphatic rings. The summed E-state index contributed by atoms with van der Waals surface area (Å²) in [5.74, 6) is -0.271. The largest absolute Gasteiger partial charge is 0.367 e. The number of nitrogens with one attached hydrogen (secondary N) is 2. The Balaban J connectivity index is 1.20. The van der Waals surface area contributed by atoms with Crippen LogP contribution in [0.5, 0.6) is 0 Å². The maximum atomic E-state index is 12.7. The number of rotatable bonds is 7. The van der Waals surface area contributed by atoms with Crippen LogP contribution in [0.1, 0.15) is 18.1 Å². The summed E-state index contributed by atoms with van der Waals surface area (Å²) in [6.45, 7) is 1.64. The van der Waals surface area contributed by atoms with Crippen LogP contribution in [0.4, 0.5) is 15.4 Å². The minimum Gasteiger partial charge on any atom is -0.367 e. The first-order valence-corrected chi connectivity index (χ1v) is 11.8. The van der Waals surface area contributed by atoms with E-state index in [1.165, 1.54) is 18.4 Å². The second kappa shape index (κ2) is 9.15. The van der Waals surface area contributed by atoms with E-state index in [1.807, 2.05) is 42.5 Å². The van der Waals surface area contributed by atoms with E-state index in [-0.39, 0.29) is 11.9 Å². The molecule has 4 heterocycles. The molecule has 0 unspecified atom stereocenters. The van der Waals surface area contributed by atoms with Crippen molar-refractivity contribution in [3.8, 4) is 0 Å². The van der Waals surface area contributed by atoms with E-state index in [0.717, 1.165) is 45.7 Å². The molecule has 4 aromatic rings. The number of carbonyl (C=O) groups excluding carboxylic acids is 1. The van der Waals surface area contributed by atoms with Crippen molar-refractivity contribution in [3.63, 3.8) is 0 Å². The van der Waals surface area contributed by atoms with Crippen molar-refractivity contribution in [1.82, 2.24) is 20.2 Å². The molecule has 2 N–H and O–H groups in total. The minimum absolute atomic E-state index is 0.258. The van der Waals surface area contributed by atoms with Crippen molar-refractivity contribution in [2.75, 3.05) is 35.7 Å². The number of benzene rings is 1. The van der Waals surface area contributed by atoms with E-state index in [9.17, 15) is 4.79 Å². The van der Waals surface area contributed by atoms with Crippen LogP contribution in [0.3, 0.4) is 0 Å². The van der Waals surface area contributed by atoms with Gasteiger partial charge in [0.05, 0.1) is 4.70 Å². The van der Waals surface area contributed by atoms with Crippen molar-refractivity contribution < 1.29 is 9.53 Å². The molecule has 3 aromatic heterocycles. The van der Waals surface area contributed by atoms with Gasteiger partial charge in [-0.2, -0.15) is 0 Å². The van der Waals surface area contributed by atoms with Crippen LogP contribution < -0.4 is 15.5 Å². The van der Waals surface area contributed by atoms with E-state index in [4.69, 9.17) is 4.74 Å². The molecule has 0 aliphatic carbocycles. The highest BCUT2D eigenvalue weighted by Gasteiger charge is 2.27. The molecule has 1 fully saturated rings. The fourth-order valence-corrected chi connectivity index (χ4v) is 5.33. The van der Waals surface area contributed by atoms with E-state index in [2.05, 4.69) is 35.7 Å². The molecule has 1 aromatic carbocycles. The lowest BCUT2D eigenvalue weighted by atomic mass is 10.1. The number of carbonyl (C=O) groups is 1. The standard InChI is InChI=1S/C21H21N7O2S2/c1-30-16(13-6-3-2-4-7-13)18(29)25-20-26-27-21(32-20)28-11-9-14(12-28)23-19-24-17-15(31-19)8-5-10-22-17/h2-8,10,14,16H,9,11-12H2,1H3,(H,22,23,24)(H,25,26,29)/t14-,16-/m1/s1. The number of ether oxygens (including phenoxy) is 1. The summed E-state index contributed by atoms with van der Waals surface area (Å²) in [5.41, 5.74) is 1.56. The van der Waals surface area contributed by atoms with Crippen LogP contribution in [-0.2, 0) is 9.53 Å². The van der Waals surface area contributed by atoms with Crippen molar-refractivity contribution in [1.29, 1.82) is 0 Å². The Labute approximate surface area is 192 Å². The molecule has 0 saturated carbocycles. The van der Waals surface area contributed by atoms with Crippen LogP contribution in [0, 0.1) is 0 Å². The number of thiazole rings is 1. The average Bonchev–Trinajstić information content (AvgIpc) is 3.54. The van der Waals surface area contributed by atoms with Crippen molar-refractivity contribution in [3.05, 3.63) is 54.2 Å². The number of hydrogen-bond donors (Lipinski definition) is 2. The summed E-state index contributed by atoms with van der Waals surface area (Å²) in [4.78, 5) is 23.7. The molecular formula is C21H21N7O2S2. The number of hydrogen-bond acceptors (Lipinski definition) is 10. The van der Waals surface area contributed by atoms with Gasteiger partial charge < -0.3 is 15.0 Å². The summed E-state index contributed by atoms with van der Waals surface area (Å²) in [6.07, 6.45) is 2.01. The highest BCUT2D eigenvalue weighted by Crippen LogP contribution is 2.30. The molecule has 5 rings (SSSR count). The van der Waals surface area contributed by atoms with Crippen LogP contribution >= 0.6 is 22.7 Å². The molecule has 32 heavy (non-hydrogen) atoms. The Hall–Kier alpha value is -3.15. The second-order valence-electron chi connectivity index (χ2n) is 7.33. The van der Waals surface area contributed by atoms with Crippen LogP contribution in [0.25, 0.3) is 10.3 Å². The minimum atomic E-state index is -0.702. The van der Waals surface area contributed by atoms with Gasteiger partial charge in [-0.3, -0.25) is 10.1 Å². The monoisotopic (exact) mass is 467 g/mol. The van der Waals surface area contributed by atoms with Crippen LogP contribution in [0.2, 0.25) is 0 Å². The first-order valence-electron chi connectivity index (χ1n) is 10.1. The summed E-state index contributed by atoms with van der Waals surface area (Å²) >= 11 is 2.97. The normalized spacial score (nSPS) is 16.9. The van der Waals surface area contributed by atoms with Gasteiger partial charge in [0.1, 0.15) is 0 Å². The predicted octanol–water partition coefficient (Wildman–Crippen LogP) is 3.56. The lowest BCUT2D eigenvalue weighted by molar-refractivity contribution is -0.126. The van der Waals surface area contributed by atoms with Gasteiger partial charge in [-0.25, -0.2) is 9.97 Å². The van der Waals surface area contributed by atoms with Crippen LogP contribution in [0.15, 0.2) is 48.7 Å². The lowest BCUT2D eigenvalue weighted by Crippen LogP contribution is -2.25. The first kappa shape index (κ1) is 20.7. The Kier molecular flexibility index (Phi) is 5.93. The Morgan fingerprint density at radius 2 is 2.03 bits per heavy atom. The molecule has 1 saturated heterocycles. The maximum Gasteiger partial charge on any atom is 0.259 e. The van der Waals surface area contributed by atoms with Gasteiger partial charge in [0.15, 0.2) is 16.9 Å². The zero-order valence-electron chi connectivity index (χ0n) is 17.3. The zero-order chi connectivity index (χ0) is 21.9. The van der Waals surface area contributed by atoms with Gasteiger partial charge >= 0.3 is 0 Å². The van der Waals surface area contributed by atoms with Gasteiger partial charge in [0.25, 0.3) is 5.91 Å². The lowest BCUT2D eigenvalue weighted by Gasteiger charge is -2.15. The zero-order valence-corrected chi connectivity index (χ0v) is 18.9. The molecule has 9 nitrogen and oxygen atoms in total. The van der Waals surface area contributed by atoms with Gasteiger partial charge in [-0.15, -0.1) is 10.2 Å². The SMILES string of the molecule is CO[C@@H](C(=O)Nc1nnc(N2CC[C@@H](Nc3nc4ncccc4s3)C2)s1)c1ccccc1. The molecular weight excluding hydrogens is 446 g/mol. The molecule has 0 radical (unpaired) electrons. The van der Waals surface area contributed by atoms with Crippen LogP contribution in [-0.4, -0.2) is 52.3 Å². The molecule has 11 heteroatoms. The number of amides is 1. The quantitative estimate of drug-likeness (QED) is 0.425.